The van der Waals surface area contributed by atoms with Gasteiger partial charge in [0.25, 0.3) is 0 Å². The molecule has 5 nitrogen and oxygen atoms in total. The molecule has 0 amide bonds. The van der Waals surface area contributed by atoms with Gasteiger partial charge in [-0.2, -0.15) is 4.39 Å². The van der Waals surface area contributed by atoms with Crippen molar-refractivity contribution in [3.8, 4) is 5.75 Å². The van der Waals surface area contributed by atoms with Gasteiger partial charge in [-0.1, -0.05) is 26.7 Å². The van der Waals surface area contributed by atoms with Crippen molar-refractivity contribution in [2.75, 3.05) is 31.7 Å². The highest BCUT2D eigenvalue weighted by Gasteiger charge is 2.16. The molecule has 0 spiro atoms. The molecule has 0 aromatic heterocycles. The van der Waals surface area contributed by atoms with E-state index in [0.717, 1.165) is 28.6 Å². The average Bonchev–Trinajstić information content (AvgIpc) is 2.78. The predicted octanol–water partition coefficient (Wildman–Crippen LogP) is 4.85. The molecule has 0 fully saturated rings. The molecule has 0 bridgehead atoms. The van der Waals surface area contributed by atoms with E-state index in [4.69, 9.17) is 9.84 Å². The number of benzene rings is 1. The van der Waals surface area contributed by atoms with Crippen LogP contribution in [-0.2, 0) is 4.79 Å². The van der Waals surface area contributed by atoms with E-state index in [1.54, 1.807) is 18.0 Å². The SMILES string of the molecule is CCCC.CSc1cc2c(cc1O/C=C(\F)C(=O)O)SN(C)CCN2. The van der Waals surface area contributed by atoms with Gasteiger partial charge in [0.2, 0.25) is 5.83 Å². The van der Waals surface area contributed by atoms with Crippen LogP contribution in [0.25, 0.3) is 0 Å². The smallest absolute Gasteiger partial charge is 0.368 e. The van der Waals surface area contributed by atoms with Crippen molar-refractivity contribution in [2.24, 2.45) is 0 Å². The lowest BCUT2D eigenvalue weighted by Crippen LogP contribution is -2.15. The largest absolute Gasteiger partial charge is 0.476 e. The van der Waals surface area contributed by atoms with Crippen molar-refractivity contribution in [3.63, 3.8) is 0 Å². The van der Waals surface area contributed by atoms with Gasteiger partial charge in [0.1, 0.15) is 12.0 Å². The number of thioether (sulfide) groups is 1. The number of anilines is 1. The van der Waals surface area contributed by atoms with Gasteiger partial charge in [-0.15, -0.1) is 11.8 Å². The first-order valence-electron chi connectivity index (χ1n) is 8.03. The fourth-order valence-corrected chi connectivity index (χ4v) is 3.19. The molecule has 0 unspecified atom stereocenters. The minimum Gasteiger partial charge on any atom is -0.476 e. The van der Waals surface area contributed by atoms with Gasteiger partial charge < -0.3 is 15.2 Å². The summed E-state index contributed by atoms with van der Waals surface area (Å²) in [5.41, 5.74) is 0.990. The van der Waals surface area contributed by atoms with E-state index in [2.05, 4.69) is 23.5 Å². The van der Waals surface area contributed by atoms with Crippen LogP contribution in [0.15, 0.2) is 34.0 Å². The van der Waals surface area contributed by atoms with Crippen LogP contribution in [0.1, 0.15) is 26.7 Å². The van der Waals surface area contributed by atoms with Crippen LogP contribution in [-0.4, -0.2) is 41.8 Å². The number of hydrogen-bond donors (Lipinski definition) is 2. The number of ether oxygens (including phenoxy) is 1. The Labute approximate surface area is 157 Å². The molecule has 1 aromatic carbocycles. The average molecular weight is 389 g/mol. The number of carboxylic acids is 1. The van der Waals surface area contributed by atoms with Gasteiger partial charge in [-0.3, -0.25) is 0 Å². The molecular formula is C17H25FN2O3S2. The summed E-state index contributed by atoms with van der Waals surface area (Å²) in [5.74, 6) is -2.55. The third-order valence-electron chi connectivity index (χ3n) is 3.26. The first-order chi connectivity index (χ1) is 11.9. The van der Waals surface area contributed by atoms with Gasteiger partial charge in [-0.25, -0.2) is 9.10 Å². The Morgan fingerprint density at radius 1 is 1.48 bits per heavy atom. The molecule has 1 aliphatic heterocycles. The van der Waals surface area contributed by atoms with Crippen LogP contribution < -0.4 is 10.1 Å². The van der Waals surface area contributed by atoms with E-state index >= 15 is 0 Å². The zero-order valence-corrected chi connectivity index (χ0v) is 16.6. The van der Waals surface area contributed by atoms with Gasteiger partial charge in [-0.05, 0) is 37.4 Å². The summed E-state index contributed by atoms with van der Waals surface area (Å²) >= 11 is 3.01. The summed E-state index contributed by atoms with van der Waals surface area (Å²) in [7, 11) is 1.98. The van der Waals surface area contributed by atoms with E-state index in [9.17, 15) is 9.18 Å². The zero-order chi connectivity index (χ0) is 18.8. The first-order valence-corrected chi connectivity index (χ1v) is 10.0. The highest BCUT2D eigenvalue weighted by Crippen LogP contribution is 2.40. The predicted molar refractivity (Wildman–Crippen MR) is 103 cm³/mol. The Morgan fingerprint density at radius 2 is 2.16 bits per heavy atom. The van der Waals surface area contributed by atoms with E-state index in [-0.39, 0.29) is 0 Å². The number of carbonyl (C=O) groups is 1. The lowest BCUT2D eigenvalue weighted by molar-refractivity contribution is -0.134. The Hall–Kier alpha value is -1.38. The Bertz CT molecular complexity index is 610. The Morgan fingerprint density at radius 3 is 2.72 bits per heavy atom. The van der Waals surface area contributed by atoms with Crippen LogP contribution in [0.5, 0.6) is 5.75 Å². The Kier molecular flexibility index (Phi) is 9.77. The summed E-state index contributed by atoms with van der Waals surface area (Å²) in [6.45, 7) is 6.08. The molecule has 1 aromatic rings. The number of likely N-dealkylation sites (N-methyl/N-ethyl adjacent to an activating group) is 1. The molecule has 0 saturated heterocycles. The van der Waals surface area contributed by atoms with Crippen LogP contribution in [0.2, 0.25) is 0 Å². The second-order valence-electron chi connectivity index (χ2n) is 5.26. The van der Waals surface area contributed by atoms with Gasteiger partial charge in [0.15, 0.2) is 0 Å². The van der Waals surface area contributed by atoms with Crippen molar-refractivity contribution in [1.82, 2.24) is 4.31 Å². The van der Waals surface area contributed by atoms with Crippen molar-refractivity contribution in [2.45, 2.75) is 36.5 Å². The van der Waals surface area contributed by atoms with Gasteiger partial charge in [0.05, 0.1) is 10.6 Å². The zero-order valence-electron chi connectivity index (χ0n) is 15.0. The maximum atomic E-state index is 13.0. The molecule has 0 saturated carbocycles. The van der Waals surface area contributed by atoms with E-state index < -0.39 is 11.8 Å². The van der Waals surface area contributed by atoms with Crippen molar-refractivity contribution in [1.29, 1.82) is 0 Å². The molecule has 2 N–H and O–H groups in total. The van der Waals surface area contributed by atoms with Gasteiger partial charge >= 0.3 is 5.97 Å². The summed E-state index contributed by atoms with van der Waals surface area (Å²) < 4.78 is 20.3. The minimum atomic E-state index is -1.65. The second kappa shape index (κ2) is 11.3. The minimum absolute atomic E-state index is 0.433. The van der Waals surface area contributed by atoms with Crippen LogP contribution >= 0.6 is 23.7 Å². The summed E-state index contributed by atoms with van der Waals surface area (Å²) in [5, 5.41) is 11.8. The molecular weight excluding hydrogens is 363 g/mol. The first kappa shape index (κ1) is 21.7. The van der Waals surface area contributed by atoms with Gasteiger partial charge in [0, 0.05) is 18.0 Å². The van der Waals surface area contributed by atoms with E-state index in [1.165, 1.54) is 24.6 Å². The van der Waals surface area contributed by atoms with E-state index in [1.807, 2.05) is 19.4 Å². The fourth-order valence-electron chi connectivity index (χ4n) is 1.73. The molecule has 0 atom stereocenters. The van der Waals surface area contributed by atoms with Crippen molar-refractivity contribution >= 4 is 35.4 Å². The third-order valence-corrected chi connectivity index (χ3v) is 5.04. The number of rotatable bonds is 5. The lowest BCUT2D eigenvalue weighted by Gasteiger charge is -2.14. The molecule has 25 heavy (non-hydrogen) atoms. The second-order valence-corrected chi connectivity index (χ2v) is 7.35. The molecule has 0 radical (unpaired) electrons. The summed E-state index contributed by atoms with van der Waals surface area (Å²) in [6, 6.07) is 3.71. The lowest BCUT2D eigenvalue weighted by atomic mass is 10.3. The number of carboxylic acid groups (broad SMARTS) is 1. The number of hydrogen-bond acceptors (Lipinski definition) is 6. The summed E-state index contributed by atoms with van der Waals surface area (Å²) in [4.78, 5) is 12.2. The maximum Gasteiger partial charge on any atom is 0.368 e. The normalized spacial score (nSPS) is 14.5. The number of nitrogens with zero attached hydrogens (tertiary/aromatic N) is 1. The topological polar surface area (TPSA) is 61.8 Å². The summed E-state index contributed by atoms with van der Waals surface area (Å²) in [6.07, 6.45) is 5.13. The third kappa shape index (κ3) is 7.17. The highest BCUT2D eigenvalue weighted by molar-refractivity contribution is 7.98. The van der Waals surface area contributed by atoms with Crippen LogP contribution in [0.4, 0.5) is 10.1 Å². The standard InChI is InChI=1S/C13H15FN2O3S2.C4H10/c1-16-4-3-15-9-5-12(20-2)10(6-11(9)21-16)19-7-8(14)13(17)18;1-3-4-2/h5-7,15H,3-4H2,1-2H3,(H,17,18);3-4H2,1-2H3/b8-7-;. The van der Waals surface area contributed by atoms with Crippen molar-refractivity contribution < 1.29 is 19.0 Å². The number of halogens is 1. The highest BCUT2D eigenvalue weighted by atomic mass is 32.2. The molecule has 8 heteroatoms. The van der Waals surface area contributed by atoms with Crippen molar-refractivity contribution in [3.05, 3.63) is 24.2 Å². The van der Waals surface area contributed by atoms with Crippen LogP contribution in [0.3, 0.4) is 0 Å². The molecule has 140 valence electrons. The number of unbranched alkanes of at least 4 members (excludes halogenated alkanes) is 1. The maximum absolute atomic E-state index is 13.0. The monoisotopic (exact) mass is 388 g/mol. The molecule has 1 aliphatic rings. The number of fused-ring (bicyclic) bond motifs is 1. The molecule has 2 rings (SSSR count). The van der Waals surface area contributed by atoms with E-state index in [0.29, 0.717) is 12.0 Å². The van der Waals surface area contributed by atoms with Crippen LogP contribution in [0, 0.1) is 0 Å². The molecule has 0 aliphatic carbocycles. The molecule has 1 heterocycles. The Balaban J connectivity index is 0.000000705. The quantitative estimate of drug-likeness (QED) is 0.323. The number of aliphatic carboxylic acids is 1. The number of nitrogens with one attached hydrogen (secondary N) is 1. The fraction of sp³-hybridized carbons (Fsp3) is 0.471.